The second kappa shape index (κ2) is 10.3. The molecule has 1 unspecified atom stereocenters. The molecule has 1 aliphatic rings. The van der Waals surface area contributed by atoms with Gasteiger partial charge in [-0.25, -0.2) is 8.42 Å². The van der Waals surface area contributed by atoms with Gasteiger partial charge in [0.15, 0.2) is 0 Å². The number of hydrogen-bond donors (Lipinski definition) is 2. The minimum Gasteiger partial charge on any atom is -0.480 e. The van der Waals surface area contributed by atoms with Gasteiger partial charge in [-0.2, -0.15) is 4.31 Å². The van der Waals surface area contributed by atoms with Crippen molar-refractivity contribution in [2.45, 2.75) is 38.0 Å². The van der Waals surface area contributed by atoms with Crippen molar-refractivity contribution < 1.29 is 18.3 Å². The molecule has 0 aliphatic carbocycles. The van der Waals surface area contributed by atoms with Crippen LogP contribution < -0.4 is 5.32 Å². The highest BCUT2D eigenvalue weighted by Crippen LogP contribution is 2.24. The summed E-state index contributed by atoms with van der Waals surface area (Å²) in [4.78, 5) is 10.9. The number of aliphatic carboxylic acids is 1. The SMILES string of the molecule is CC(C)Cc1ccc(S(=O)(=O)N2CCCC(CNCC(=O)O)C2)cc1.Cl. The van der Waals surface area contributed by atoms with Crippen LogP contribution in [0.1, 0.15) is 32.3 Å². The molecule has 1 heterocycles. The molecule has 1 aromatic carbocycles. The molecular weight excluding hydrogens is 376 g/mol. The second-order valence-electron chi connectivity index (χ2n) is 7.14. The molecule has 0 saturated carbocycles. The molecule has 0 radical (unpaired) electrons. The van der Waals surface area contributed by atoms with Crippen LogP contribution in [0.2, 0.25) is 0 Å². The van der Waals surface area contributed by atoms with Crippen molar-refractivity contribution in [3.63, 3.8) is 0 Å². The summed E-state index contributed by atoms with van der Waals surface area (Å²) in [5, 5.41) is 11.6. The van der Waals surface area contributed by atoms with E-state index in [0.29, 0.717) is 30.4 Å². The lowest BCUT2D eigenvalue weighted by Crippen LogP contribution is -2.43. The Balaban J connectivity index is 0.00000338. The fourth-order valence-electron chi connectivity index (χ4n) is 3.21. The Hall–Kier alpha value is -1.15. The average Bonchev–Trinajstić information content (AvgIpc) is 2.55. The van der Waals surface area contributed by atoms with Crippen LogP contribution in [-0.4, -0.2) is 50.0 Å². The Bertz CT molecular complexity index is 677. The van der Waals surface area contributed by atoms with Crippen molar-refractivity contribution in [3.05, 3.63) is 29.8 Å². The minimum absolute atomic E-state index is 0. The molecule has 1 saturated heterocycles. The second-order valence-corrected chi connectivity index (χ2v) is 9.08. The molecule has 6 nitrogen and oxygen atoms in total. The summed E-state index contributed by atoms with van der Waals surface area (Å²) in [6, 6.07) is 7.17. The number of carboxylic acid groups (broad SMARTS) is 1. The van der Waals surface area contributed by atoms with Gasteiger partial charge in [-0.1, -0.05) is 26.0 Å². The lowest BCUT2D eigenvalue weighted by molar-refractivity contribution is -0.136. The quantitative estimate of drug-likeness (QED) is 0.694. The number of benzene rings is 1. The van der Waals surface area contributed by atoms with E-state index in [4.69, 9.17) is 5.11 Å². The van der Waals surface area contributed by atoms with Gasteiger partial charge < -0.3 is 10.4 Å². The summed E-state index contributed by atoms with van der Waals surface area (Å²) in [6.07, 6.45) is 2.64. The monoisotopic (exact) mass is 404 g/mol. The fraction of sp³-hybridized carbons (Fsp3) is 0.611. The van der Waals surface area contributed by atoms with Crippen molar-refractivity contribution in [3.8, 4) is 0 Å². The number of hydrogen-bond acceptors (Lipinski definition) is 4. The van der Waals surface area contributed by atoms with E-state index in [2.05, 4.69) is 19.2 Å². The zero-order valence-electron chi connectivity index (χ0n) is 15.3. The van der Waals surface area contributed by atoms with Gasteiger partial charge in [0.1, 0.15) is 0 Å². The van der Waals surface area contributed by atoms with Crippen LogP contribution in [0.5, 0.6) is 0 Å². The first-order valence-corrected chi connectivity index (χ1v) is 10.2. The number of sulfonamides is 1. The molecule has 1 aromatic rings. The molecule has 148 valence electrons. The molecule has 0 aromatic heterocycles. The van der Waals surface area contributed by atoms with Crippen LogP contribution in [0.15, 0.2) is 29.2 Å². The Labute approximate surface area is 162 Å². The molecule has 2 N–H and O–H groups in total. The van der Waals surface area contributed by atoms with Crippen molar-refractivity contribution in [1.82, 2.24) is 9.62 Å². The van der Waals surface area contributed by atoms with Gasteiger partial charge in [-0.05, 0) is 55.3 Å². The molecular formula is C18H29ClN2O4S. The van der Waals surface area contributed by atoms with Crippen molar-refractivity contribution in [1.29, 1.82) is 0 Å². The molecule has 1 fully saturated rings. The van der Waals surface area contributed by atoms with Gasteiger partial charge >= 0.3 is 5.97 Å². The van der Waals surface area contributed by atoms with Crippen molar-refractivity contribution in [2.24, 2.45) is 11.8 Å². The zero-order valence-corrected chi connectivity index (χ0v) is 17.0. The van der Waals surface area contributed by atoms with Gasteiger partial charge in [0, 0.05) is 13.1 Å². The summed E-state index contributed by atoms with van der Waals surface area (Å²) in [5.41, 5.74) is 1.14. The molecule has 8 heteroatoms. The van der Waals surface area contributed by atoms with Crippen molar-refractivity contribution >= 4 is 28.4 Å². The van der Waals surface area contributed by atoms with Crippen LogP contribution in [0.25, 0.3) is 0 Å². The minimum atomic E-state index is -3.49. The third kappa shape index (κ3) is 6.54. The van der Waals surface area contributed by atoms with E-state index in [-0.39, 0.29) is 24.9 Å². The maximum atomic E-state index is 12.9. The molecule has 1 atom stereocenters. The number of nitrogens with zero attached hydrogens (tertiary/aromatic N) is 1. The first-order valence-electron chi connectivity index (χ1n) is 8.80. The predicted molar refractivity (Wildman–Crippen MR) is 104 cm³/mol. The summed E-state index contributed by atoms with van der Waals surface area (Å²) in [7, 11) is -3.49. The Kier molecular flexibility index (Phi) is 9.03. The van der Waals surface area contributed by atoms with E-state index in [1.54, 1.807) is 12.1 Å². The Morgan fingerprint density at radius 1 is 1.31 bits per heavy atom. The molecule has 0 spiro atoms. The lowest BCUT2D eigenvalue weighted by atomic mass is 10.00. The fourth-order valence-corrected chi connectivity index (χ4v) is 4.77. The van der Waals surface area contributed by atoms with Crippen LogP contribution in [-0.2, 0) is 21.2 Å². The maximum Gasteiger partial charge on any atom is 0.317 e. The summed E-state index contributed by atoms with van der Waals surface area (Å²) in [5.74, 6) is -0.228. The Morgan fingerprint density at radius 3 is 2.54 bits per heavy atom. The molecule has 26 heavy (non-hydrogen) atoms. The molecule has 1 aliphatic heterocycles. The highest BCUT2D eigenvalue weighted by atomic mass is 35.5. The maximum absolute atomic E-state index is 12.9. The number of carboxylic acids is 1. The highest BCUT2D eigenvalue weighted by Gasteiger charge is 2.30. The first-order chi connectivity index (χ1) is 11.8. The van der Waals surface area contributed by atoms with Crippen LogP contribution in [0.3, 0.4) is 0 Å². The van der Waals surface area contributed by atoms with Crippen LogP contribution in [0, 0.1) is 11.8 Å². The van der Waals surface area contributed by atoms with Crippen LogP contribution in [0.4, 0.5) is 0 Å². The zero-order chi connectivity index (χ0) is 18.4. The number of carbonyl (C=O) groups is 1. The van der Waals surface area contributed by atoms with Gasteiger partial charge in [0.2, 0.25) is 10.0 Å². The lowest BCUT2D eigenvalue weighted by Gasteiger charge is -2.32. The number of nitrogens with one attached hydrogen (secondary N) is 1. The van der Waals surface area contributed by atoms with E-state index in [9.17, 15) is 13.2 Å². The van der Waals surface area contributed by atoms with Gasteiger partial charge in [0.25, 0.3) is 0 Å². The number of piperidine rings is 1. The number of rotatable bonds is 8. The van der Waals surface area contributed by atoms with Crippen molar-refractivity contribution in [2.75, 3.05) is 26.2 Å². The largest absolute Gasteiger partial charge is 0.480 e. The standard InChI is InChI=1S/C18H28N2O4S.ClH/c1-14(2)10-15-5-7-17(8-6-15)25(23,24)20-9-3-4-16(13-20)11-19-12-18(21)22;/h5-8,14,16,19H,3-4,9-13H2,1-2H3,(H,21,22);1H. The summed E-state index contributed by atoms with van der Waals surface area (Å²) < 4.78 is 27.2. The van der Waals surface area contributed by atoms with Gasteiger partial charge in [0.05, 0.1) is 11.4 Å². The normalized spacial score (nSPS) is 18.5. The van der Waals surface area contributed by atoms with Gasteiger partial charge in [-0.15, -0.1) is 12.4 Å². The third-order valence-corrected chi connectivity index (χ3v) is 6.28. The molecule has 0 bridgehead atoms. The summed E-state index contributed by atoms with van der Waals surface area (Å²) in [6.45, 7) is 5.65. The predicted octanol–water partition coefficient (Wildman–Crippen LogP) is 2.38. The average molecular weight is 405 g/mol. The van der Waals surface area contributed by atoms with Gasteiger partial charge in [-0.3, -0.25) is 4.79 Å². The molecule has 0 amide bonds. The highest BCUT2D eigenvalue weighted by molar-refractivity contribution is 7.89. The smallest absolute Gasteiger partial charge is 0.317 e. The van der Waals surface area contributed by atoms with E-state index in [1.165, 1.54) is 4.31 Å². The van der Waals surface area contributed by atoms with Crippen LogP contribution >= 0.6 is 12.4 Å². The van der Waals surface area contributed by atoms with E-state index in [1.807, 2.05) is 12.1 Å². The third-order valence-electron chi connectivity index (χ3n) is 4.40. The number of halogens is 1. The van der Waals surface area contributed by atoms with E-state index >= 15 is 0 Å². The summed E-state index contributed by atoms with van der Waals surface area (Å²) >= 11 is 0. The Morgan fingerprint density at radius 2 is 1.96 bits per heavy atom. The first kappa shape index (κ1) is 22.9. The topological polar surface area (TPSA) is 86.7 Å². The van der Waals surface area contributed by atoms with E-state index in [0.717, 1.165) is 24.8 Å². The van der Waals surface area contributed by atoms with E-state index < -0.39 is 16.0 Å². The molecule has 2 rings (SSSR count).